The lowest BCUT2D eigenvalue weighted by atomic mass is 10.0. The fourth-order valence-electron chi connectivity index (χ4n) is 3.48. The van der Waals surface area contributed by atoms with Crippen molar-refractivity contribution in [1.82, 2.24) is 0 Å². The molecule has 0 amide bonds. The predicted molar refractivity (Wildman–Crippen MR) is 93.8 cm³/mol. The Hall–Kier alpha value is -1.40. The summed E-state index contributed by atoms with van der Waals surface area (Å²) in [7, 11) is 0. The van der Waals surface area contributed by atoms with E-state index in [1.807, 2.05) is 12.2 Å². The van der Waals surface area contributed by atoms with Crippen LogP contribution < -0.4 is 0 Å². The van der Waals surface area contributed by atoms with Gasteiger partial charge in [-0.1, -0.05) is 39.7 Å². The first-order valence-corrected chi connectivity index (χ1v) is 8.99. The highest BCUT2D eigenvalue weighted by Crippen LogP contribution is 2.25. The van der Waals surface area contributed by atoms with Crippen molar-refractivity contribution in [2.75, 3.05) is 19.7 Å². The SMILES string of the molecule is CCCCC/C=C\C[N+](CCO)(C(CC)C(=O)O)C(CC)C(=O)O. The van der Waals surface area contributed by atoms with E-state index in [-0.39, 0.29) is 17.6 Å². The fourth-order valence-corrected chi connectivity index (χ4v) is 3.48. The van der Waals surface area contributed by atoms with Crippen LogP contribution >= 0.6 is 0 Å². The zero-order valence-corrected chi connectivity index (χ0v) is 15.3. The maximum Gasteiger partial charge on any atom is 0.362 e. The summed E-state index contributed by atoms with van der Waals surface area (Å²) < 4.78 is -0.140. The lowest BCUT2D eigenvalue weighted by Gasteiger charge is -2.45. The molecule has 0 aromatic rings. The minimum atomic E-state index is -1.01. The standard InChI is InChI=1S/C18H33NO5/c1-4-7-8-9-10-11-12-19(13-14-20,15(5-2)17(21)22)16(6-3)18(23)24/h10-11,15-16,20H,4-9,12-14H2,1-3H3,(H-,21,22,23,24)/p+1/b11-10-. The molecule has 6 nitrogen and oxygen atoms in total. The number of aliphatic hydroxyl groups is 1. The Morgan fingerprint density at radius 1 is 0.958 bits per heavy atom. The van der Waals surface area contributed by atoms with Gasteiger partial charge in [-0.05, 0) is 18.9 Å². The second-order valence-corrected chi connectivity index (χ2v) is 6.22. The van der Waals surface area contributed by atoms with Gasteiger partial charge < -0.3 is 15.3 Å². The second kappa shape index (κ2) is 12.0. The minimum absolute atomic E-state index is 0.120. The highest BCUT2D eigenvalue weighted by atomic mass is 16.4. The Labute approximate surface area is 145 Å². The number of hydrogen-bond acceptors (Lipinski definition) is 3. The van der Waals surface area contributed by atoms with E-state index in [1.165, 1.54) is 0 Å². The first kappa shape index (κ1) is 22.6. The molecule has 6 heteroatoms. The number of carbonyl (C=O) groups is 2. The van der Waals surface area contributed by atoms with Crippen molar-refractivity contribution in [2.24, 2.45) is 0 Å². The van der Waals surface area contributed by atoms with Gasteiger partial charge in [0.1, 0.15) is 6.54 Å². The Morgan fingerprint density at radius 2 is 1.50 bits per heavy atom. The maximum absolute atomic E-state index is 11.8. The van der Waals surface area contributed by atoms with Crippen LogP contribution in [0.15, 0.2) is 12.2 Å². The Balaban J connectivity index is 5.56. The molecule has 2 atom stereocenters. The van der Waals surface area contributed by atoms with Gasteiger partial charge in [0.2, 0.25) is 0 Å². The summed E-state index contributed by atoms with van der Waals surface area (Å²) in [6.45, 7) is 5.82. The topological polar surface area (TPSA) is 94.8 Å². The van der Waals surface area contributed by atoms with E-state index in [2.05, 4.69) is 6.92 Å². The van der Waals surface area contributed by atoms with Gasteiger partial charge in [-0.2, -0.15) is 0 Å². The summed E-state index contributed by atoms with van der Waals surface area (Å²) in [4.78, 5) is 23.5. The molecule has 0 bridgehead atoms. The number of hydrogen-bond donors (Lipinski definition) is 3. The molecule has 0 radical (unpaired) electrons. The third kappa shape index (κ3) is 6.24. The number of aliphatic hydroxyl groups excluding tert-OH is 1. The molecule has 3 N–H and O–H groups in total. The first-order valence-electron chi connectivity index (χ1n) is 8.99. The van der Waals surface area contributed by atoms with Crippen molar-refractivity contribution in [2.45, 2.75) is 71.4 Å². The van der Waals surface area contributed by atoms with Crippen LogP contribution in [0.4, 0.5) is 0 Å². The molecule has 0 aliphatic rings. The van der Waals surface area contributed by atoms with Crippen molar-refractivity contribution in [3.05, 3.63) is 12.2 Å². The largest absolute Gasteiger partial charge is 0.477 e. The van der Waals surface area contributed by atoms with E-state index >= 15 is 0 Å². The Bertz CT molecular complexity index is 386. The van der Waals surface area contributed by atoms with Gasteiger partial charge in [0.05, 0.1) is 13.2 Å². The molecule has 0 aliphatic carbocycles. The number of nitrogens with zero attached hydrogens (tertiary/aromatic N) is 1. The van der Waals surface area contributed by atoms with E-state index in [1.54, 1.807) is 13.8 Å². The molecule has 0 aromatic carbocycles. The van der Waals surface area contributed by atoms with E-state index in [0.29, 0.717) is 19.4 Å². The fraction of sp³-hybridized carbons (Fsp3) is 0.778. The van der Waals surface area contributed by atoms with Crippen LogP contribution in [0.5, 0.6) is 0 Å². The normalized spacial score (nSPS) is 16.7. The van der Waals surface area contributed by atoms with E-state index < -0.39 is 24.0 Å². The monoisotopic (exact) mass is 344 g/mol. The molecule has 0 aromatic heterocycles. The summed E-state index contributed by atoms with van der Waals surface area (Å²) in [5.41, 5.74) is 0. The minimum Gasteiger partial charge on any atom is -0.477 e. The lowest BCUT2D eigenvalue weighted by Crippen LogP contribution is -2.67. The van der Waals surface area contributed by atoms with E-state index in [4.69, 9.17) is 0 Å². The highest BCUT2D eigenvalue weighted by Gasteiger charge is 2.48. The van der Waals surface area contributed by atoms with Crippen LogP contribution in [0.25, 0.3) is 0 Å². The van der Waals surface area contributed by atoms with Crippen LogP contribution in [0, 0.1) is 0 Å². The highest BCUT2D eigenvalue weighted by molar-refractivity contribution is 5.75. The average molecular weight is 344 g/mol. The molecule has 0 fully saturated rings. The predicted octanol–water partition coefficient (Wildman–Crippen LogP) is 2.66. The van der Waals surface area contributed by atoms with Gasteiger partial charge >= 0.3 is 11.9 Å². The van der Waals surface area contributed by atoms with Crippen LogP contribution in [-0.4, -0.2) is 63.5 Å². The zero-order valence-electron chi connectivity index (χ0n) is 15.3. The Kier molecular flexibility index (Phi) is 11.3. The van der Waals surface area contributed by atoms with Crippen molar-refractivity contribution in [3.8, 4) is 0 Å². The quantitative estimate of drug-likeness (QED) is 0.256. The summed E-state index contributed by atoms with van der Waals surface area (Å²) >= 11 is 0. The summed E-state index contributed by atoms with van der Waals surface area (Å²) in [5, 5.41) is 28.7. The molecule has 140 valence electrons. The van der Waals surface area contributed by atoms with Crippen LogP contribution in [0.1, 0.15) is 59.3 Å². The maximum atomic E-state index is 11.8. The molecule has 0 saturated carbocycles. The van der Waals surface area contributed by atoms with Crippen molar-refractivity contribution < 1.29 is 29.4 Å². The number of unbranched alkanes of at least 4 members (excludes halogenated alkanes) is 3. The smallest absolute Gasteiger partial charge is 0.362 e. The number of rotatable bonds is 14. The van der Waals surface area contributed by atoms with Crippen molar-refractivity contribution in [1.29, 1.82) is 0 Å². The summed E-state index contributed by atoms with van der Waals surface area (Å²) in [6, 6.07) is -1.70. The average Bonchev–Trinajstić information content (AvgIpc) is 2.51. The number of quaternary nitrogens is 1. The van der Waals surface area contributed by atoms with Crippen LogP contribution in [0.2, 0.25) is 0 Å². The molecule has 24 heavy (non-hydrogen) atoms. The summed E-state index contributed by atoms with van der Waals surface area (Å²) in [6.07, 6.45) is 8.78. The first-order chi connectivity index (χ1) is 11.4. The van der Waals surface area contributed by atoms with Crippen molar-refractivity contribution in [3.63, 3.8) is 0 Å². The molecule has 0 saturated heterocycles. The van der Waals surface area contributed by atoms with Gasteiger partial charge in [0, 0.05) is 12.8 Å². The van der Waals surface area contributed by atoms with Crippen LogP contribution in [0.3, 0.4) is 0 Å². The van der Waals surface area contributed by atoms with Gasteiger partial charge in [0.15, 0.2) is 12.1 Å². The van der Waals surface area contributed by atoms with Crippen molar-refractivity contribution >= 4 is 11.9 Å². The number of carboxylic acids is 2. The van der Waals surface area contributed by atoms with Gasteiger partial charge in [-0.3, -0.25) is 4.48 Å². The second-order valence-electron chi connectivity index (χ2n) is 6.22. The van der Waals surface area contributed by atoms with Gasteiger partial charge in [-0.25, -0.2) is 9.59 Å². The van der Waals surface area contributed by atoms with E-state index in [0.717, 1.165) is 25.7 Å². The number of aliphatic carboxylic acids is 2. The summed E-state index contributed by atoms with van der Waals surface area (Å²) in [5.74, 6) is -2.02. The Morgan fingerprint density at radius 3 is 1.88 bits per heavy atom. The van der Waals surface area contributed by atoms with Gasteiger partial charge in [-0.15, -0.1) is 0 Å². The molecular weight excluding hydrogens is 310 g/mol. The molecule has 0 rings (SSSR count). The molecular formula is C18H34NO5+. The molecule has 2 unspecified atom stereocenters. The third-order valence-electron chi connectivity index (χ3n) is 4.69. The third-order valence-corrected chi connectivity index (χ3v) is 4.69. The molecule has 0 aliphatic heterocycles. The van der Waals surface area contributed by atoms with Crippen LogP contribution in [-0.2, 0) is 9.59 Å². The van der Waals surface area contributed by atoms with E-state index in [9.17, 15) is 24.9 Å². The number of carboxylic acid groups (broad SMARTS) is 2. The number of allylic oxidation sites excluding steroid dienone is 1. The lowest BCUT2D eigenvalue weighted by molar-refractivity contribution is -0.953. The molecule has 0 spiro atoms. The van der Waals surface area contributed by atoms with Gasteiger partial charge in [0.25, 0.3) is 0 Å². The molecule has 0 heterocycles. The zero-order chi connectivity index (χ0) is 18.6.